The molecule has 4 rings (SSSR count). The van der Waals surface area contributed by atoms with Gasteiger partial charge in [0.05, 0.1) is 0 Å². The van der Waals surface area contributed by atoms with Crippen LogP contribution >= 0.6 is 0 Å². The molecule has 1 saturated heterocycles. The number of rotatable bonds is 6. The zero-order chi connectivity index (χ0) is 25.2. The highest BCUT2D eigenvalue weighted by Crippen LogP contribution is 2.23. The van der Waals surface area contributed by atoms with Crippen LogP contribution in [-0.2, 0) is 4.79 Å². The first kappa shape index (κ1) is 25.4. The maximum Gasteiger partial charge on any atom is 0.253 e. The Kier molecular flexibility index (Phi) is 8.95. The van der Waals surface area contributed by atoms with Gasteiger partial charge in [-0.1, -0.05) is 12.1 Å². The number of hydrogen-bond donors (Lipinski definition) is 1. The Balaban J connectivity index is 0.000000261. The van der Waals surface area contributed by atoms with Crippen LogP contribution in [0.15, 0.2) is 73.1 Å². The third-order valence-electron chi connectivity index (χ3n) is 5.86. The van der Waals surface area contributed by atoms with Gasteiger partial charge in [-0.05, 0) is 55.5 Å². The topological polar surface area (TPSA) is 85.8 Å². The van der Waals surface area contributed by atoms with E-state index in [-0.39, 0.29) is 11.7 Å². The number of carbonyl (C=O) groups excluding carboxylic acids is 3. The van der Waals surface area contributed by atoms with E-state index in [2.05, 4.69) is 10.3 Å². The number of nitrogens with zero attached hydrogens (tertiary/aromatic N) is 4. The molecule has 1 aromatic heterocycles. The van der Waals surface area contributed by atoms with Gasteiger partial charge in [0.2, 0.25) is 6.41 Å². The molecule has 1 fully saturated rings. The van der Waals surface area contributed by atoms with Crippen LogP contribution < -0.4 is 10.2 Å². The molecule has 0 aliphatic carbocycles. The number of benzene rings is 2. The molecule has 0 unspecified atom stereocenters. The lowest BCUT2D eigenvalue weighted by atomic mass is 10.1. The molecule has 2 amide bonds. The Labute approximate surface area is 206 Å². The van der Waals surface area contributed by atoms with E-state index in [0.717, 1.165) is 29.0 Å². The number of Topliss-reactive ketones (excluding diaryl/α,β-unsaturated/α-hetero) is 1. The first-order chi connectivity index (χ1) is 16.9. The Morgan fingerprint density at radius 3 is 2.11 bits per heavy atom. The lowest BCUT2D eigenvalue weighted by Gasteiger charge is -2.32. The highest BCUT2D eigenvalue weighted by atomic mass is 16.2. The van der Waals surface area contributed by atoms with Crippen molar-refractivity contribution in [3.63, 3.8) is 0 Å². The molecule has 1 N–H and O–H groups in total. The molecule has 0 bridgehead atoms. The predicted octanol–water partition coefficient (Wildman–Crippen LogP) is 3.69. The second-order valence-electron chi connectivity index (χ2n) is 8.13. The summed E-state index contributed by atoms with van der Waals surface area (Å²) >= 11 is 0. The fraction of sp³-hybridized carbons (Fsp3) is 0.259. The van der Waals surface area contributed by atoms with Gasteiger partial charge >= 0.3 is 0 Å². The summed E-state index contributed by atoms with van der Waals surface area (Å²) < 4.78 is 0. The van der Waals surface area contributed by atoms with Crippen molar-refractivity contribution in [2.24, 2.45) is 0 Å². The zero-order valence-electron chi connectivity index (χ0n) is 20.3. The smallest absolute Gasteiger partial charge is 0.253 e. The van der Waals surface area contributed by atoms with Crippen LogP contribution in [0.25, 0.3) is 0 Å². The Hall–Kier alpha value is -4.20. The van der Waals surface area contributed by atoms with E-state index in [9.17, 15) is 14.4 Å². The summed E-state index contributed by atoms with van der Waals surface area (Å²) in [5, 5.41) is 2.97. The van der Waals surface area contributed by atoms with Gasteiger partial charge in [-0.2, -0.15) is 0 Å². The summed E-state index contributed by atoms with van der Waals surface area (Å²) in [4.78, 5) is 43.7. The maximum atomic E-state index is 12.5. The van der Waals surface area contributed by atoms with Crippen LogP contribution in [-0.4, -0.2) is 73.2 Å². The minimum atomic E-state index is 0.0127. The maximum absolute atomic E-state index is 12.5. The summed E-state index contributed by atoms with van der Waals surface area (Å²) in [5.41, 5.74) is 4.42. The zero-order valence-corrected chi connectivity index (χ0v) is 20.3. The largest absolute Gasteiger partial charge is 0.388 e. The molecule has 0 atom stereocenters. The van der Waals surface area contributed by atoms with Crippen molar-refractivity contribution in [1.29, 1.82) is 0 Å². The fourth-order valence-electron chi connectivity index (χ4n) is 3.65. The summed E-state index contributed by atoms with van der Waals surface area (Å²) in [6.07, 6.45) is 4.34. The SMILES string of the molecule is CN(c1ccncc1)c1ccc(C(=O)N2CCN(C=O)CC2)cc1.CNc1cccc(C(C)=O)c1. The van der Waals surface area contributed by atoms with Crippen molar-refractivity contribution in [3.8, 4) is 0 Å². The molecule has 2 aromatic carbocycles. The molecular weight excluding hydrogens is 442 g/mol. The van der Waals surface area contributed by atoms with E-state index < -0.39 is 0 Å². The van der Waals surface area contributed by atoms with Gasteiger partial charge in [-0.3, -0.25) is 19.4 Å². The number of hydrogen-bond acceptors (Lipinski definition) is 6. The molecule has 8 heteroatoms. The van der Waals surface area contributed by atoms with Gasteiger partial charge in [-0.25, -0.2) is 0 Å². The van der Waals surface area contributed by atoms with Crippen LogP contribution in [0.4, 0.5) is 17.1 Å². The van der Waals surface area contributed by atoms with E-state index in [1.54, 1.807) is 29.1 Å². The molecule has 3 aromatic rings. The molecule has 182 valence electrons. The summed E-state index contributed by atoms with van der Waals surface area (Å²) in [6.45, 7) is 3.91. The highest BCUT2D eigenvalue weighted by molar-refractivity contribution is 5.95. The van der Waals surface area contributed by atoms with Crippen molar-refractivity contribution in [1.82, 2.24) is 14.8 Å². The molecule has 2 heterocycles. The Morgan fingerprint density at radius 2 is 1.54 bits per heavy atom. The van der Waals surface area contributed by atoms with Gasteiger partial charge < -0.3 is 20.0 Å². The molecule has 0 spiro atoms. The Bertz CT molecular complexity index is 1130. The number of aromatic nitrogens is 1. The van der Waals surface area contributed by atoms with Crippen molar-refractivity contribution >= 4 is 35.2 Å². The Morgan fingerprint density at radius 1 is 0.914 bits per heavy atom. The van der Waals surface area contributed by atoms with E-state index in [1.165, 1.54) is 0 Å². The summed E-state index contributed by atoms with van der Waals surface area (Å²) in [6, 6.07) is 18.9. The predicted molar refractivity (Wildman–Crippen MR) is 138 cm³/mol. The lowest BCUT2D eigenvalue weighted by Crippen LogP contribution is -2.48. The van der Waals surface area contributed by atoms with Crippen LogP contribution in [0.5, 0.6) is 0 Å². The van der Waals surface area contributed by atoms with Gasteiger partial charge in [0.15, 0.2) is 5.78 Å². The molecule has 8 nitrogen and oxygen atoms in total. The number of anilines is 3. The van der Waals surface area contributed by atoms with Crippen molar-refractivity contribution in [2.75, 3.05) is 50.5 Å². The standard InChI is InChI=1S/C18H20N4O2.C9H11NO/c1-20(17-6-8-19-9-7-17)16-4-2-15(3-5-16)18(24)22-12-10-21(14-23)11-13-22;1-7(11)8-4-3-5-9(6-8)10-2/h2-9,14H,10-13H2,1H3;3-6,10H,1-2H3. The first-order valence-corrected chi connectivity index (χ1v) is 11.4. The number of ketones is 1. The van der Waals surface area contributed by atoms with Crippen LogP contribution in [0.2, 0.25) is 0 Å². The van der Waals surface area contributed by atoms with Crippen LogP contribution in [0, 0.1) is 0 Å². The van der Waals surface area contributed by atoms with Crippen molar-refractivity contribution in [2.45, 2.75) is 6.92 Å². The molecule has 35 heavy (non-hydrogen) atoms. The van der Waals surface area contributed by atoms with E-state index in [1.807, 2.05) is 79.7 Å². The third-order valence-corrected chi connectivity index (χ3v) is 5.86. The normalized spacial score (nSPS) is 12.8. The average molecular weight is 474 g/mol. The number of piperazine rings is 1. The molecule has 1 aliphatic heterocycles. The minimum absolute atomic E-state index is 0.0127. The number of pyridine rings is 1. The average Bonchev–Trinajstić information content (AvgIpc) is 2.93. The number of amides is 2. The second-order valence-corrected chi connectivity index (χ2v) is 8.13. The van der Waals surface area contributed by atoms with Crippen molar-refractivity contribution < 1.29 is 14.4 Å². The van der Waals surface area contributed by atoms with Gasteiger partial charge in [0.25, 0.3) is 5.91 Å². The molecular formula is C27H31N5O3. The van der Waals surface area contributed by atoms with Gasteiger partial charge in [0.1, 0.15) is 0 Å². The monoisotopic (exact) mass is 473 g/mol. The quantitative estimate of drug-likeness (QED) is 0.434. The third kappa shape index (κ3) is 6.89. The van der Waals surface area contributed by atoms with Gasteiger partial charge in [0, 0.05) is 80.9 Å². The van der Waals surface area contributed by atoms with Gasteiger partial charge in [-0.15, -0.1) is 0 Å². The van der Waals surface area contributed by atoms with Crippen LogP contribution in [0.1, 0.15) is 27.6 Å². The summed E-state index contributed by atoms with van der Waals surface area (Å²) in [5.74, 6) is 0.112. The second kappa shape index (κ2) is 12.3. The highest BCUT2D eigenvalue weighted by Gasteiger charge is 2.21. The molecule has 1 aliphatic rings. The van der Waals surface area contributed by atoms with E-state index >= 15 is 0 Å². The van der Waals surface area contributed by atoms with Crippen LogP contribution in [0.3, 0.4) is 0 Å². The fourth-order valence-corrected chi connectivity index (χ4v) is 3.65. The molecule has 0 saturated carbocycles. The molecule has 0 radical (unpaired) electrons. The lowest BCUT2D eigenvalue weighted by molar-refractivity contribution is -0.119. The summed E-state index contributed by atoms with van der Waals surface area (Å²) in [7, 11) is 3.81. The van der Waals surface area contributed by atoms with Crippen molar-refractivity contribution in [3.05, 3.63) is 84.2 Å². The first-order valence-electron chi connectivity index (χ1n) is 11.4. The van der Waals surface area contributed by atoms with E-state index in [0.29, 0.717) is 31.7 Å². The number of carbonyl (C=O) groups is 3. The van der Waals surface area contributed by atoms with E-state index in [4.69, 9.17) is 0 Å². The number of nitrogens with one attached hydrogen (secondary N) is 1. The minimum Gasteiger partial charge on any atom is -0.388 e.